The van der Waals surface area contributed by atoms with Crippen LogP contribution in [0.4, 0.5) is 5.69 Å². The summed E-state index contributed by atoms with van der Waals surface area (Å²) in [4.78, 5) is 10.1. The van der Waals surface area contributed by atoms with Crippen molar-refractivity contribution in [3.63, 3.8) is 0 Å². The van der Waals surface area contributed by atoms with Crippen LogP contribution in [0.15, 0.2) is 41.5 Å². The second-order valence-corrected chi connectivity index (χ2v) is 6.72. The third kappa shape index (κ3) is 3.13. The van der Waals surface area contributed by atoms with Crippen molar-refractivity contribution < 1.29 is 4.74 Å². The fraction of sp³-hybridized carbons (Fsp3) is 0.316. The highest BCUT2D eigenvalue weighted by molar-refractivity contribution is 6.10. The summed E-state index contributed by atoms with van der Waals surface area (Å²) in [5.74, 6) is 0.907. The largest absolute Gasteiger partial charge is 0.398 e. The van der Waals surface area contributed by atoms with Crippen molar-refractivity contribution in [3.05, 3.63) is 53.3 Å². The smallest absolute Gasteiger partial charge is 0.155 e. The molecule has 3 heterocycles. The topological polar surface area (TPSA) is 114 Å². The number of anilines is 1. The van der Waals surface area contributed by atoms with Crippen LogP contribution in [0.2, 0.25) is 0 Å². The third-order valence-corrected chi connectivity index (χ3v) is 4.92. The standard InChI is InChI=1S/C19H22N6O/c20-9-13-8-12(3-6-16(13)21)18(22)24-19(17-2-1-7-23-17)25-10-14-4-5-15(11-25)26-14/h1-3,6-9,14-15,20,22-23H,4-5,10-11,21H2/t14-,15+. The van der Waals surface area contributed by atoms with Crippen LogP contribution < -0.4 is 5.73 Å². The molecule has 1 aromatic heterocycles. The first-order valence-corrected chi connectivity index (χ1v) is 8.76. The Kier molecular flexibility index (Phi) is 4.30. The molecule has 26 heavy (non-hydrogen) atoms. The SMILES string of the molecule is N=Cc1cc(C(=N)N=C(c2ccc[nH]2)N2C[C@H]3CC[C@@H](C2)O3)ccc1N. The molecule has 2 fully saturated rings. The number of nitrogen functional groups attached to an aromatic ring is 1. The van der Waals surface area contributed by atoms with Gasteiger partial charge in [-0.1, -0.05) is 0 Å². The van der Waals surface area contributed by atoms with Gasteiger partial charge in [0.05, 0.1) is 17.9 Å². The van der Waals surface area contributed by atoms with Crippen LogP contribution in [0, 0.1) is 10.8 Å². The zero-order chi connectivity index (χ0) is 18.1. The summed E-state index contributed by atoms with van der Waals surface area (Å²) < 4.78 is 5.93. The van der Waals surface area contributed by atoms with Crippen molar-refractivity contribution in [2.75, 3.05) is 18.8 Å². The molecule has 0 aliphatic carbocycles. The van der Waals surface area contributed by atoms with E-state index < -0.39 is 0 Å². The first-order valence-electron chi connectivity index (χ1n) is 8.76. The Labute approximate surface area is 151 Å². The minimum atomic E-state index is 0.150. The number of aromatic nitrogens is 1. The van der Waals surface area contributed by atoms with E-state index in [4.69, 9.17) is 21.3 Å². The van der Waals surface area contributed by atoms with Crippen LogP contribution in [0.1, 0.15) is 29.7 Å². The Morgan fingerprint density at radius 2 is 2.04 bits per heavy atom. The highest BCUT2D eigenvalue weighted by Gasteiger charge is 2.35. The van der Waals surface area contributed by atoms with E-state index >= 15 is 0 Å². The van der Waals surface area contributed by atoms with E-state index in [9.17, 15) is 0 Å². The molecule has 0 unspecified atom stereocenters. The van der Waals surface area contributed by atoms with Crippen molar-refractivity contribution >= 4 is 23.6 Å². The van der Waals surface area contributed by atoms with Crippen LogP contribution in [0.3, 0.4) is 0 Å². The maximum Gasteiger partial charge on any atom is 0.155 e. The van der Waals surface area contributed by atoms with E-state index in [0.29, 0.717) is 16.8 Å². The first kappa shape index (κ1) is 16.5. The van der Waals surface area contributed by atoms with Gasteiger partial charge >= 0.3 is 0 Å². The first-order chi connectivity index (χ1) is 12.6. The van der Waals surface area contributed by atoms with Gasteiger partial charge in [0.15, 0.2) is 11.7 Å². The number of ether oxygens (including phenoxy) is 1. The Morgan fingerprint density at radius 1 is 1.27 bits per heavy atom. The molecule has 134 valence electrons. The summed E-state index contributed by atoms with van der Waals surface area (Å²) in [5, 5.41) is 15.9. The van der Waals surface area contributed by atoms with Crippen LogP contribution in [0.5, 0.6) is 0 Å². The molecule has 1 aromatic carbocycles. The number of rotatable bonds is 3. The van der Waals surface area contributed by atoms with Gasteiger partial charge in [-0.15, -0.1) is 0 Å². The number of benzene rings is 1. The third-order valence-electron chi connectivity index (χ3n) is 4.92. The van der Waals surface area contributed by atoms with E-state index in [-0.39, 0.29) is 18.0 Å². The fourth-order valence-electron chi connectivity index (χ4n) is 3.58. The number of fused-ring (bicyclic) bond motifs is 2. The molecule has 2 atom stereocenters. The van der Waals surface area contributed by atoms with E-state index in [1.807, 2.05) is 18.3 Å². The Bertz CT molecular complexity index is 845. The molecule has 2 aliphatic rings. The highest BCUT2D eigenvalue weighted by atomic mass is 16.5. The lowest BCUT2D eigenvalue weighted by molar-refractivity contribution is -0.0155. The molecular weight excluding hydrogens is 328 g/mol. The number of hydrogen-bond donors (Lipinski definition) is 4. The number of morpholine rings is 1. The number of nitrogens with zero attached hydrogens (tertiary/aromatic N) is 2. The number of nitrogens with one attached hydrogen (secondary N) is 3. The van der Waals surface area contributed by atoms with Crippen LogP contribution in [-0.4, -0.2) is 53.1 Å². The molecule has 4 rings (SSSR count). The molecule has 2 saturated heterocycles. The van der Waals surface area contributed by atoms with Gasteiger partial charge in [-0.3, -0.25) is 5.41 Å². The van der Waals surface area contributed by atoms with Gasteiger partial charge in [0.1, 0.15) is 0 Å². The van der Waals surface area contributed by atoms with Crippen molar-refractivity contribution in [3.8, 4) is 0 Å². The lowest BCUT2D eigenvalue weighted by atomic mass is 10.1. The van der Waals surface area contributed by atoms with E-state index in [1.54, 1.807) is 18.2 Å². The maximum absolute atomic E-state index is 8.46. The molecule has 5 N–H and O–H groups in total. The minimum absolute atomic E-state index is 0.150. The van der Waals surface area contributed by atoms with Gasteiger partial charge in [0.25, 0.3) is 0 Å². The van der Waals surface area contributed by atoms with Crippen molar-refractivity contribution in [2.24, 2.45) is 4.99 Å². The molecule has 7 nitrogen and oxygen atoms in total. The number of likely N-dealkylation sites (tertiary alicyclic amines) is 1. The predicted octanol–water partition coefficient (Wildman–Crippen LogP) is 2.23. The average Bonchev–Trinajstić information content (AvgIpc) is 3.29. The summed E-state index contributed by atoms with van der Waals surface area (Å²) in [7, 11) is 0. The normalized spacial score (nSPS) is 22.5. The highest BCUT2D eigenvalue weighted by Crippen LogP contribution is 2.27. The van der Waals surface area contributed by atoms with Gasteiger partial charge in [-0.2, -0.15) is 0 Å². The Morgan fingerprint density at radius 3 is 2.69 bits per heavy atom. The van der Waals surface area contributed by atoms with Crippen molar-refractivity contribution in [1.29, 1.82) is 10.8 Å². The molecule has 0 saturated carbocycles. The second kappa shape index (κ2) is 6.76. The van der Waals surface area contributed by atoms with Gasteiger partial charge in [0.2, 0.25) is 0 Å². The van der Waals surface area contributed by atoms with Crippen molar-refractivity contribution in [1.82, 2.24) is 9.88 Å². The van der Waals surface area contributed by atoms with Gasteiger partial charge < -0.3 is 25.8 Å². The summed E-state index contributed by atoms with van der Waals surface area (Å²) in [6, 6.07) is 9.10. The lowest BCUT2D eigenvalue weighted by Crippen LogP contribution is -2.46. The predicted molar refractivity (Wildman–Crippen MR) is 102 cm³/mol. The van der Waals surface area contributed by atoms with Gasteiger partial charge in [-0.05, 0) is 43.2 Å². The van der Waals surface area contributed by atoms with E-state index in [0.717, 1.165) is 37.5 Å². The van der Waals surface area contributed by atoms with Crippen LogP contribution in [-0.2, 0) is 4.74 Å². The molecule has 7 heteroatoms. The Hall–Kier alpha value is -2.93. The number of hydrogen-bond acceptors (Lipinski definition) is 4. The maximum atomic E-state index is 8.46. The molecule has 0 radical (unpaired) electrons. The summed E-state index contributed by atoms with van der Waals surface area (Å²) in [6.07, 6.45) is 5.70. The number of H-pyrrole nitrogens is 1. The molecular formula is C19H22N6O. The zero-order valence-electron chi connectivity index (χ0n) is 14.4. The molecule has 0 amide bonds. The van der Waals surface area contributed by atoms with Gasteiger partial charge in [0, 0.05) is 42.3 Å². The minimum Gasteiger partial charge on any atom is -0.398 e. The van der Waals surface area contributed by atoms with Crippen LogP contribution >= 0.6 is 0 Å². The molecule has 2 bridgehead atoms. The molecule has 0 spiro atoms. The molecule has 2 aliphatic heterocycles. The number of nitrogens with two attached hydrogens (primary N) is 1. The number of aromatic amines is 1. The quantitative estimate of drug-likeness (QED) is 0.386. The lowest BCUT2D eigenvalue weighted by Gasteiger charge is -2.34. The zero-order valence-corrected chi connectivity index (χ0v) is 14.4. The summed E-state index contributed by atoms with van der Waals surface area (Å²) in [6.45, 7) is 1.57. The van der Waals surface area contributed by atoms with Crippen LogP contribution in [0.25, 0.3) is 0 Å². The fourth-order valence-corrected chi connectivity index (χ4v) is 3.58. The van der Waals surface area contributed by atoms with Crippen molar-refractivity contribution in [2.45, 2.75) is 25.0 Å². The molecule has 2 aromatic rings. The second-order valence-electron chi connectivity index (χ2n) is 6.72. The monoisotopic (exact) mass is 350 g/mol. The Balaban J connectivity index is 1.67. The summed E-state index contributed by atoms with van der Waals surface area (Å²) in [5.41, 5.74) is 8.49. The van der Waals surface area contributed by atoms with E-state index in [1.165, 1.54) is 6.21 Å². The number of aliphatic imine (C=N–C) groups is 1. The van der Waals surface area contributed by atoms with E-state index in [2.05, 4.69) is 14.9 Å². The summed E-state index contributed by atoms with van der Waals surface area (Å²) >= 11 is 0. The van der Waals surface area contributed by atoms with Gasteiger partial charge in [-0.25, -0.2) is 4.99 Å². The number of amidine groups is 2. The average molecular weight is 350 g/mol.